The Balaban J connectivity index is 4.34. The normalized spacial score (nSPS) is 11.4. The zero-order chi connectivity index (χ0) is 40.8. The van der Waals surface area contributed by atoms with Gasteiger partial charge in [0, 0.05) is 61.8 Å². The van der Waals surface area contributed by atoms with Crippen LogP contribution < -0.4 is 21.3 Å². The van der Waals surface area contributed by atoms with Crippen LogP contribution in [0.25, 0.3) is 20.9 Å². The van der Waals surface area contributed by atoms with Crippen molar-refractivity contribution in [3.05, 3.63) is 20.9 Å². The first-order valence-corrected chi connectivity index (χ1v) is 19.1. The lowest BCUT2D eigenvalue weighted by Crippen LogP contribution is -2.47. The molecule has 1 atom stereocenters. The lowest BCUT2D eigenvalue weighted by atomic mass is 10.1. The molecule has 314 valence electrons. The van der Waals surface area contributed by atoms with Gasteiger partial charge < -0.3 is 45.0 Å². The minimum atomic E-state index is -0.784. The second-order valence-corrected chi connectivity index (χ2v) is 13.3. The quantitative estimate of drug-likeness (QED) is 0.0236. The minimum Gasteiger partial charge on any atom is -0.460 e. The van der Waals surface area contributed by atoms with Gasteiger partial charge in [0.05, 0.1) is 59.3 Å². The maximum atomic E-state index is 13.0. The highest BCUT2D eigenvalue weighted by molar-refractivity contribution is 5.87. The van der Waals surface area contributed by atoms with E-state index >= 15 is 0 Å². The van der Waals surface area contributed by atoms with E-state index in [1.807, 2.05) is 20.8 Å². The third-order valence-corrected chi connectivity index (χ3v) is 7.28. The first-order chi connectivity index (χ1) is 26.5. The standard InChI is InChI=1S/C35H64N10O10/c1-35(2,3)55-33(49)15-21-51-23-25-53-27-28-54-26-24-52-22-20-40-34(50)29(11-4-7-16-38-30(46)12-5-8-18-41-44-36)43-32(48)14-10-17-39-31(47)13-6-9-19-42-45-37/h29H,4-28H2,1-3H3,(H,38,46)(H,39,47)(H,40,50)(H,43,48)/t29-/m0/s1. The number of nitrogens with zero attached hydrogens (tertiary/aromatic N) is 6. The van der Waals surface area contributed by atoms with Crippen LogP contribution in [0.3, 0.4) is 0 Å². The second kappa shape index (κ2) is 35.5. The first kappa shape index (κ1) is 50.8. The average Bonchev–Trinajstić information content (AvgIpc) is 3.13. The molecule has 4 amide bonds. The Kier molecular flexibility index (Phi) is 32.8. The van der Waals surface area contributed by atoms with Crippen LogP contribution in [-0.2, 0) is 47.7 Å². The molecule has 0 radical (unpaired) electrons. The van der Waals surface area contributed by atoms with Gasteiger partial charge in [0.15, 0.2) is 0 Å². The number of carbonyl (C=O) groups is 5. The molecule has 4 N–H and O–H groups in total. The van der Waals surface area contributed by atoms with E-state index in [4.69, 9.17) is 34.7 Å². The Bertz CT molecular complexity index is 1180. The Labute approximate surface area is 324 Å². The van der Waals surface area contributed by atoms with E-state index in [9.17, 15) is 24.0 Å². The van der Waals surface area contributed by atoms with Crippen molar-refractivity contribution in [3.63, 3.8) is 0 Å². The molecule has 55 heavy (non-hydrogen) atoms. The molecule has 0 aliphatic carbocycles. The van der Waals surface area contributed by atoms with Crippen LogP contribution in [0.15, 0.2) is 10.2 Å². The van der Waals surface area contributed by atoms with Crippen molar-refractivity contribution in [2.24, 2.45) is 10.2 Å². The largest absolute Gasteiger partial charge is 0.460 e. The summed E-state index contributed by atoms with van der Waals surface area (Å²) in [4.78, 5) is 66.7. The lowest BCUT2D eigenvalue weighted by molar-refractivity contribution is -0.156. The number of nitrogens with one attached hydrogen (secondary N) is 4. The molecule has 0 aromatic heterocycles. The van der Waals surface area contributed by atoms with E-state index < -0.39 is 11.6 Å². The van der Waals surface area contributed by atoms with Crippen LogP contribution in [0.1, 0.15) is 97.8 Å². The van der Waals surface area contributed by atoms with E-state index in [0.29, 0.717) is 130 Å². The first-order valence-electron chi connectivity index (χ1n) is 19.1. The van der Waals surface area contributed by atoms with Crippen molar-refractivity contribution in [1.82, 2.24) is 21.3 Å². The van der Waals surface area contributed by atoms with Crippen LogP contribution in [0.5, 0.6) is 0 Å². The Morgan fingerprint density at radius 3 is 1.58 bits per heavy atom. The Morgan fingerprint density at radius 2 is 1.05 bits per heavy atom. The van der Waals surface area contributed by atoms with Gasteiger partial charge in [-0.25, -0.2) is 0 Å². The van der Waals surface area contributed by atoms with Gasteiger partial charge >= 0.3 is 5.97 Å². The maximum absolute atomic E-state index is 13.0. The fourth-order valence-corrected chi connectivity index (χ4v) is 4.60. The maximum Gasteiger partial charge on any atom is 0.308 e. The van der Waals surface area contributed by atoms with Crippen LogP contribution in [0.2, 0.25) is 0 Å². The molecule has 0 fully saturated rings. The molecule has 0 aromatic rings. The number of hydrogen-bond donors (Lipinski definition) is 4. The third-order valence-electron chi connectivity index (χ3n) is 7.28. The van der Waals surface area contributed by atoms with Crippen molar-refractivity contribution in [2.45, 2.75) is 109 Å². The Morgan fingerprint density at radius 1 is 0.564 bits per heavy atom. The van der Waals surface area contributed by atoms with Crippen LogP contribution >= 0.6 is 0 Å². The lowest BCUT2D eigenvalue weighted by Gasteiger charge is -2.19. The highest BCUT2D eigenvalue weighted by atomic mass is 16.6. The number of esters is 1. The summed E-state index contributed by atoms with van der Waals surface area (Å²) in [6.07, 6.45) is 5.34. The summed E-state index contributed by atoms with van der Waals surface area (Å²) in [6.45, 7) is 9.73. The summed E-state index contributed by atoms with van der Waals surface area (Å²) in [5, 5.41) is 18.1. The summed E-state index contributed by atoms with van der Waals surface area (Å²) in [6, 6.07) is -0.784. The molecule has 0 unspecified atom stereocenters. The van der Waals surface area contributed by atoms with Crippen molar-refractivity contribution in [2.75, 3.05) is 85.6 Å². The van der Waals surface area contributed by atoms with Gasteiger partial charge in [-0.2, -0.15) is 0 Å². The van der Waals surface area contributed by atoms with Crippen LogP contribution in [0.4, 0.5) is 0 Å². The van der Waals surface area contributed by atoms with Crippen LogP contribution in [-0.4, -0.2) is 127 Å². The van der Waals surface area contributed by atoms with Gasteiger partial charge in [-0.15, -0.1) is 0 Å². The molecule has 0 bridgehead atoms. The Hall–Kier alpha value is -4.19. The average molecular weight is 785 g/mol. The van der Waals surface area contributed by atoms with E-state index in [1.165, 1.54) is 0 Å². The summed E-state index contributed by atoms with van der Waals surface area (Å²) < 4.78 is 27.0. The topological polar surface area (TPSA) is 277 Å². The van der Waals surface area contributed by atoms with Gasteiger partial charge in [-0.3, -0.25) is 24.0 Å². The molecule has 0 saturated heterocycles. The molecule has 0 heterocycles. The summed E-state index contributed by atoms with van der Waals surface area (Å²) in [7, 11) is 0. The SMILES string of the molecule is CC(C)(C)OC(=O)CCOCCOCCOCCOCCNC(=O)[C@H](CCCCNC(=O)CCCCN=[N+]=[N-])NC(=O)CCCNC(=O)CCCCN=[N+]=[N-]. The number of hydrogen-bond acceptors (Lipinski definition) is 12. The number of ether oxygens (including phenoxy) is 5. The van der Waals surface area contributed by atoms with Crippen molar-refractivity contribution >= 4 is 29.6 Å². The number of carbonyl (C=O) groups excluding carboxylic acids is 5. The van der Waals surface area contributed by atoms with Crippen molar-refractivity contribution in [1.29, 1.82) is 0 Å². The fourth-order valence-electron chi connectivity index (χ4n) is 4.60. The monoisotopic (exact) mass is 784 g/mol. The summed E-state index contributed by atoms with van der Waals surface area (Å²) in [5.41, 5.74) is 16.1. The molecule has 0 aliphatic heterocycles. The minimum absolute atomic E-state index is 0.0992. The summed E-state index contributed by atoms with van der Waals surface area (Å²) >= 11 is 0. The highest BCUT2D eigenvalue weighted by Gasteiger charge is 2.20. The summed E-state index contributed by atoms with van der Waals surface area (Å²) in [5.74, 6) is -1.22. The van der Waals surface area contributed by atoms with Gasteiger partial charge in [-0.1, -0.05) is 10.2 Å². The van der Waals surface area contributed by atoms with Gasteiger partial charge in [0.2, 0.25) is 23.6 Å². The zero-order valence-corrected chi connectivity index (χ0v) is 33.0. The smallest absolute Gasteiger partial charge is 0.308 e. The number of amides is 4. The number of azide groups is 2. The predicted molar refractivity (Wildman–Crippen MR) is 204 cm³/mol. The third kappa shape index (κ3) is 36.6. The molecule has 20 nitrogen and oxygen atoms in total. The van der Waals surface area contributed by atoms with Gasteiger partial charge in [0.1, 0.15) is 11.6 Å². The molecule has 0 rings (SSSR count). The highest BCUT2D eigenvalue weighted by Crippen LogP contribution is 2.08. The van der Waals surface area contributed by atoms with E-state index in [-0.39, 0.29) is 62.2 Å². The molecule has 0 aliphatic rings. The van der Waals surface area contributed by atoms with E-state index in [0.717, 1.165) is 0 Å². The molecular weight excluding hydrogens is 720 g/mol. The predicted octanol–water partition coefficient (Wildman–Crippen LogP) is 3.53. The van der Waals surface area contributed by atoms with Crippen molar-refractivity contribution < 1.29 is 47.7 Å². The molecule has 0 saturated carbocycles. The van der Waals surface area contributed by atoms with Gasteiger partial charge in [0.25, 0.3) is 0 Å². The van der Waals surface area contributed by atoms with E-state index in [1.54, 1.807) is 0 Å². The molecular formula is C35H64N10O10. The molecule has 0 aromatic carbocycles. The van der Waals surface area contributed by atoms with Gasteiger partial charge in [-0.05, 0) is 83.2 Å². The van der Waals surface area contributed by atoms with E-state index in [2.05, 4.69) is 41.3 Å². The zero-order valence-electron chi connectivity index (χ0n) is 33.0. The molecule has 0 spiro atoms. The van der Waals surface area contributed by atoms with Crippen LogP contribution in [0, 0.1) is 0 Å². The number of rotatable bonds is 36. The second-order valence-electron chi connectivity index (χ2n) is 13.3. The van der Waals surface area contributed by atoms with Crippen molar-refractivity contribution in [3.8, 4) is 0 Å². The molecule has 20 heteroatoms. The fraction of sp³-hybridized carbons (Fsp3) is 0.857. The number of unbranched alkanes of at least 4 members (excludes halogenated alkanes) is 3.